The molecule has 2 aromatic rings. The van der Waals surface area contributed by atoms with Gasteiger partial charge in [0.1, 0.15) is 17.5 Å². The third-order valence-corrected chi connectivity index (χ3v) is 5.97. The van der Waals surface area contributed by atoms with E-state index in [1.165, 1.54) is 16.9 Å². The second-order valence-electron chi connectivity index (χ2n) is 8.06. The normalized spacial score (nSPS) is 22.3. The molecule has 2 fully saturated rings. The number of amides is 1. The molecule has 2 saturated heterocycles. The van der Waals surface area contributed by atoms with Crippen LogP contribution in [0.2, 0.25) is 0 Å². The molecule has 0 bridgehead atoms. The average molecular weight is 404 g/mol. The second kappa shape index (κ2) is 7.98. The SMILES string of the molecule is COc1ccc(F)c(CN2CCCC3(CCN(C(=O)C[n+]4cc([O-])on4)C3)C2)c1. The molecule has 3 heterocycles. The van der Waals surface area contributed by atoms with E-state index in [1.807, 2.05) is 4.90 Å². The lowest BCUT2D eigenvalue weighted by Crippen LogP contribution is -2.48. The molecule has 1 aromatic carbocycles. The smallest absolute Gasteiger partial charge is 0.291 e. The van der Waals surface area contributed by atoms with Crippen LogP contribution in [0.4, 0.5) is 4.39 Å². The van der Waals surface area contributed by atoms with E-state index < -0.39 is 5.95 Å². The maximum atomic E-state index is 14.2. The molecule has 1 atom stereocenters. The number of methoxy groups -OCH3 is 1. The first-order valence-electron chi connectivity index (χ1n) is 9.82. The van der Waals surface area contributed by atoms with Gasteiger partial charge in [-0.3, -0.25) is 9.69 Å². The Hall–Kier alpha value is -2.68. The lowest BCUT2D eigenvalue weighted by atomic mass is 9.79. The molecule has 1 spiro atoms. The van der Waals surface area contributed by atoms with Crippen molar-refractivity contribution in [2.75, 3.05) is 33.3 Å². The van der Waals surface area contributed by atoms with E-state index >= 15 is 0 Å². The Kier molecular flexibility index (Phi) is 5.40. The number of hydrogen-bond acceptors (Lipinski definition) is 6. The number of hydrogen-bond donors (Lipinski definition) is 0. The van der Waals surface area contributed by atoms with Crippen molar-refractivity contribution in [3.05, 3.63) is 35.8 Å². The van der Waals surface area contributed by atoms with Crippen LogP contribution in [-0.4, -0.2) is 54.3 Å². The number of nitrogens with zero attached hydrogens (tertiary/aromatic N) is 4. The fourth-order valence-corrected chi connectivity index (χ4v) is 4.54. The molecule has 29 heavy (non-hydrogen) atoms. The van der Waals surface area contributed by atoms with Gasteiger partial charge in [-0.1, -0.05) is 4.68 Å². The van der Waals surface area contributed by atoms with Gasteiger partial charge in [0.2, 0.25) is 6.20 Å². The molecule has 9 heteroatoms. The first kappa shape index (κ1) is 19.6. The maximum absolute atomic E-state index is 14.2. The summed E-state index contributed by atoms with van der Waals surface area (Å²) in [7, 11) is 1.58. The molecule has 0 radical (unpaired) electrons. The molecule has 0 N–H and O–H groups in total. The molecule has 2 aliphatic rings. The molecule has 0 aliphatic carbocycles. The van der Waals surface area contributed by atoms with E-state index in [2.05, 4.69) is 14.7 Å². The monoisotopic (exact) mass is 404 g/mol. The van der Waals surface area contributed by atoms with E-state index in [0.29, 0.717) is 30.9 Å². The number of likely N-dealkylation sites (tertiary alicyclic amines) is 2. The number of halogens is 1. The van der Waals surface area contributed by atoms with E-state index in [1.54, 1.807) is 19.2 Å². The molecule has 4 rings (SSSR count). The third kappa shape index (κ3) is 4.34. The Balaban J connectivity index is 1.38. The summed E-state index contributed by atoms with van der Waals surface area (Å²) in [6.45, 7) is 3.62. The van der Waals surface area contributed by atoms with Gasteiger partial charge in [-0.25, -0.2) is 4.39 Å². The van der Waals surface area contributed by atoms with Crippen molar-refractivity contribution >= 4 is 5.91 Å². The summed E-state index contributed by atoms with van der Waals surface area (Å²) in [5, 5.41) is 14.6. The van der Waals surface area contributed by atoms with Crippen LogP contribution >= 0.6 is 0 Å². The summed E-state index contributed by atoms with van der Waals surface area (Å²) in [4.78, 5) is 16.7. The van der Waals surface area contributed by atoms with Crippen molar-refractivity contribution in [1.82, 2.24) is 15.1 Å². The standard InChI is InChI=1S/C20H25FN4O4/c1-28-16-3-4-17(21)15(9-16)10-23-7-2-5-20(13-23)6-8-24(14-20)18(26)11-25-12-19(27)29-22-25/h3-4,9,12H,2,5-8,10-11,13-14H2,1H3. The average Bonchev–Trinajstić information content (AvgIpc) is 3.30. The minimum absolute atomic E-state index is 0.000551. The summed E-state index contributed by atoms with van der Waals surface area (Å²) >= 11 is 0. The summed E-state index contributed by atoms with van der Waals surface area (Å²) in [5.74, 6) is -0.215. The van der Waals surface area contributed by atoms with Crippen molar-refractivity contribution in [2.24, 2.45) is 5.41 Å². The lowest BCUT2D eigenvalue weighted by Gasteiger charge is -2.40. The largest absolute Gasteiger partial charge is 0.539 e. The zero-order valence-corrected chi connectivity index (χ0v) is 16.5. The van der Waals surface area contributed by atoms with Crippen molar-refractivity contribution in [1.29, 1.82) is 0 Å². The highest BCUT2D eigenvalue weighted by Gasteiger charge is 2.43. The van der Waals surface area contributed by atoms with Crippen LogP contribution in [0, 0.1) is 11.2 Å². The molecule has 1 unspecified atom stereocenters. The highest BCUT2D eigenvalue weighted by Crippen LogP contribution is 2.39. The Morgan fingerprint density at radius 1 is 1.38 bits per heavy atom. The van der Waals surface area contributed by atoms with Crippen LogP contribution in [0.1, 0.15) is 24.8 Å². The summed E-state index contributed by atoms with van der Waals surface area (Å²) < 4.78 is 25.2. The fraction of sp³-hybridized carbons (Fsp3) is 0.550. The third-order valence-electron chi connectivity index (χ3n) is 5.97. The predicted molar refractivity (Wildman–Crippen MR) is 97.2 cm³/mol. The van der Waals surface area contributed by atoms with E-state index in [-0.39, 0.29) is 23.7 Å². The van der Waals surface area contributed by atoms with E-state index in [0.717, 1.165) is 32.4 Å². The van der Waals surface area contributed by atoms with Crippen molar-refractivity contribution in [3.8, 4) is 11.7 Å². The van der Waals surface area contributed by atoms with Gasteiger partial charge >= 0.3 is 0 Å². The fourth-order valence-electron chi connectivity index (χ4n) is 4.54. The van der Waals surface area contributed by atoms with Gasteiger partial charge in [0.25, 0.3) is 12.5 Å². The molecule has 0 saturated carbocycles. The number of carbonyl (C=O) groups is 1. The van der Waals surface area contributed by atoms with Crippen LogP contribution in [0.25, 0.3) is 0 Å². The molecule has 1 aromatic heterocycles. The summed E-state index contributed by atoms with van der Waals surface area (Å²) in [6, 6.07) is 4.82. The molecule has 8 nitrogen and oxygen atoms in total. The van der Waals surface area contributed by atoms with Gasteiger partial charge in [-0.15, -0.1) is 0 Å². The minimum atomic E-state index is -0.566. The number of ether oxygens (including phenoxy) is 1. The molecule has 156 valence electrons. The number of piperidine rings is 1. The Morgan fingerprint density at radius 3 is 3.00 bits per heavy atom. The lowest BCUT2D eigenvalue weighted by molar-refractivity contribution is -0.751. The number of benzene rings is 1. The first-order chi connectivity index (χ1) is 14.0. The Labute approximate surface area is 168 Å². The van der Waals surface area contributed by atoms with Crippen molar-refractivity contribution in [2.45, 2.75) is 32.4 Å². The quantitative estimate of drug-likeness (QED) is 0.682. The topological polar surface area (TPSA) is 85.8 Å². The van der Waals surface area contributed by atoms with Crippen LogP contribution < -0.4 is 14.5 Å². The van der Waals surface area contributed by atoms with Gasteiger partial charge < -0.3 is 19.3 Å². The molecular weight excluding hydrogens is 379 g/mol. The zero-order valence-electron chi connectivity index (χ0n) is 16.5. The highest BCUT2D eigenvalue weighted by atomic mass is 19.1. The van der Waals surface area contributed by atoms with Crippen molar-refractivity contribution in [3.63, 3.8) is 0 Å². The highest BCUT2D eigenvalue weighted by molar-refractivity contribution is 5.75. The van der Waals surface area contributed by atoms with Crippen LogP contribution in [0.3, 0.4) is 0 Å². The van der Waals surface area contributed by atoms with Gasteiger partial charge in [-0.2, -0.15) is 0 Å². The molecular formula is C20H25FN4O4. The van der Waals surface area contributed by atoms with Crippen LogP contribution in [0.15, 0.2) is 28.9 Å². The van der Waals surface area contributed by atoms with Gasteiger partial charge in [-0.05, 0) is 44.0 Å². The first-order valence-corrected chi connectivity index (χ1v) is 9.82. The molecule has 2 aliphatic heterocycles. The predicted octanol–water partition coefficient (Wildman–Crippen LogP) is 0.698. The number of rotatable bonds is 5. The number of aromatic nitrogens is 2. The Morgan fingerprint density at radius 2 is 2.24 bits per heavy atom. The molecule has 1 amide bonds. The van der Waals surface area contributed by atoms with E-state index in [9.17, 15) is 14.3 Å². The van der Waals surface area contributed by atoms with Crippen molar-refractivity contribution < 1.29 is 28.2 Å². The van der Waals surface area contributed by atoms with Crippen LogP contribution in [-0.2, 0) is 17.9 Å². The van der Waals surface area contributed by atoms with Gasteiger partial charge in [0.15, 0.2) is 0 Å². The number of carbonyl (C=O) groups excluding carboxylic acids is 1. The second-order valence-corrected chi connectivity index (χ2v) is 8.06. The van der Waals surface area contributed by atoms with Gasteiger partial charge in [0, 0.05) is 37.2 Å². The Bertz CT molecular complexity index is 889. The van der Waals surface area contributed by atoms with E-state index in [4.69, 9.17) is 4.74 Å². The summed E-state index contributed by atoms with van der Waals surface area (Å²) in [5.41, 5.74) is 0.657. The van der Waals surface area contributed by atoms with Crippen LogP contribution in [0.5, 0.6) is 11.7 Å². The zero-order chi connectivity index (χ0) is 20.4. The maximum Gasteiger partial charge on any atom is 0.291 e. The summed E-state index contributed by atoms with van der Waals surface area (Å²) in [6.07, 6.45) is 4.17. The minimum Gasteiger partial charge on any atom is -0.539 e. The van der Waals surface area contributed by atoms with Gasteiger partial charge in [0.05, 0.1) is 12.4 Å².